The molecule has 0 bridgehead atoms. The number of amides is 1. The number of carbonyl (C=O) groups is 1. The Kier molecular flexibility index (Phi) is 10.5. The van der Waals surface area contributed by atoms with Crippen molar-refractivity contribution in [2.24, 2.45) is 10.9 Å². The van der Waals surface area contributed by atoms with Gasteiger partial charge in [0.25, 0.3) is 0 Å². The second kappa shape index (κ2) is 13.2. The summed E-state index contributed by atoms with van der Waals surface area (Å²) in [5, 5.41) is 9.67. The summed E-state index contributed by atoms with van der Waals surface area (Å²) in [6.07, 6.45) is 1.60. The Morgan fingerprint density at radius 1 is 1.24 bits per heavy atom. The van der Waals surface area contributed by atoms with Gasteiger partial charge in [-0.2, -0.15) is 0 Å². The fourth-order valence-corrected chi connectivity index (χ4v) is 3.18. The number of anilines is 1. The molecule has 0 spiro atoms. The molecule has 3 N–H and O–H groups in total. The van der Waals surface area contributed by atoms with Crippen molar-refractivity contribution in [3.63, 3.8) is 0 Å². The van der Waals surface area contributed by atoms with Crippen molar-refractivity contribution in [3.05, 3.63) is 29.8 Å². The average Bonchev–Trinajstić information content (AvgIpc) is 2.69. The molecule has 0 atom stereocenters. The Balaban J connectivity index is 1.80. The van der Waals surface area contributed by atoms with Crippen LogP contribution >= 0.6 is 0 Å². The SMILES string of the molecule is CCNC(=NCc1cccc(NC(=O)CC(C)C)c1)NCCCN1CCOCC1. The van der Waals surface area contributed by atoms with Gasteiger partial charge in [-0.05, 0) is 43.5 Å². The highest BCUT2D eigenvalue weighted by molar-refractivity contribution is 5.90. The van der Waals surface area contributed by atoms with Gasteiger partial charge in [-0.15, -0.1) is 0 Å². The molecule has 162 valence electrons. The predicted molar refractivity (Wildman–Crippen MR) is 119 cm³/mol. The maximum absolute atomic E-state index is 12.0. The van der Waals surface area contributed by atoms with Crippen molar-refractivity contribution < 1.29 is 9.53 Å². The molecule has 1 aromatic carbocycles. The molecule has 0 aliphatic carbocycles. The van der Waals surface area contributed by atoms with Crippen LogP contribution in [0.3, 0.4) is 0 Å². The van der Waals surface area contributed by atoms with E-state index in [9.17, 15) is 4.79 Å². The molecule has 29 heavy (non-hydrogen) atoms. The van der Waals surface area contributed by atoms with E-state index in [-0.39, 0.29) is 5.91 Å². The van der Waals surface area contributed by atoms with E-state index >= 15 is 0 Å². The number of aliphatic imine (C=N–C) groups is 1. The minimum atomic E-state index is 0.0518. The van der Waals surface area contributed by atoms with Gasteiger partial charge in [0.2, 0.25) is 5.91 Å². The van der Waals surface area contributed by atoms with E-state index in [4.69, 9.17) is 4.74 Å². The van der Waals surface area contributed by atoms with Gasteiger partial charge in [0.1, 0.15) is 0 Å². The van der Waals surface area contributed by atoms with Crippen molar-refractivity contribution in [1.29, 1.82) is 0 Å². The van der Waals surface area contributed by atoms with Gasteiger partial charge in [-0.1, -0.05) is 26.0 Å². The molecular formula is C22H37N5O2. The Bertz CT molecular complexity index is 642. The molecule has 0 aromatic heterocycles. The first-order chi connectivity index (χ1) is 14.1. The van der Waals surface area contributed by atoms with E-state index in [0.717, 1.165) is 69.6 Å². The minimum Gasteiger partial charge on any atom is -0.379 e. The van der Waals surface area contributed by atoms with Crippen LogP contribution in [-0.4, -0.2) is 62.7 Å². The fourth-order valence-electron chi connectivity index (χ4n) is 3.18. The fraction of sp³-hybridized carbons (Fsp3) is 0.636. The highest BCUT2D eigenvalue weighted by atomic mass is 16.5. The van der Waals surface area contributed by atoms with Crippen LogP contribution in [0.1, 0.15) is 39.2 Å². The number of guanidine groups is 1. The Labute approximate surface area is 175 Å². The maximum Gasteiger partial charge on any atom is 0.224 e. The third kappa shape index (κ3) is 9.76. The number of benzene rings is 1. The Hall–Kier alpha value is -2.12. The van der Waals surface area contributed by atoms with E-state index in [1.807, 2.05) is 38.1 Å². The molecule has 0 radical (unpaired) electrons. The summed E-state index contributed by atoms with van der Waals surface area (Å²) >= 11 is 0. The molecule has 0 saturated carbocycles. The maximum atomic E-state index is 12.0. The van der Waals surface area contributed by atoms with Crippen LogP contribution in [0.2, 0.25) is 0 Å². The third-order valence-corrected chi connectivity index (χ3v) is 4.62. The topological polar surface area (TPSA) is 78.0 Å². The second-order valence-corrected chi connectivity index (χ2v) is 7.78. The molecule has 1 fully saturated rings. The summed E-state index contributed by atoms with van der Waals surface area (Å²) in [6.45, 7) is 13.2. The smallest absolute Gasteiger partial charge is 0.224 e. The molecule has 1 heterocycles. The number of nitrogens with zero attached hydrogens (tertiary/aromatic N) is 2. The van der Waals surface area contributed by atoms with Crippen LogP contribution in [0, 0.1) is 5.92 Å². The summed E-state index contributed by atoms with van der Waals surface area (Å²) in [4.78, 5) is 19.1. The number of hydrogen-bond donors (Lipinski definition) is 3. The van der Waals surface area contributed by atoms with Crippen LogP contribution < -0.4 is 16.0 Å². The second-order valence-electron chi connectivity index (χ2n) is 7.78. The molecular weight excluding hydrogens is 366 g/mol. The van der Waals surface area contributed by atoms with Gasteiger partial charge in [0.15, 0.2) is 5.96 Å². The van der Waals surface area contributed by atoms with E-state index in [1.165, 1.54) is 0 Å². The van der Waals surface area contributed by atoms with Gasteiger partial charge in [0.05, 0.1) is 19.8 Å². The number of morpholine rings is 1. The normalized spacial score (nSPS) is 15.4. The van der Waals surface area contributed by atoms with Crippen molar-refractivity contribution in [1.82, 2.24) is 15.5 Å². The first-order valence-electron chi connectivity index (χ1n) is 10.8. The number of carbonyl (C=O) groups excluding carboxylic acids is 1. The minimum absolute atomic E-state index is 0.0518. The first-order valence-corrected chi connectivity index (χ1v) is 10.8. The van der Waals surface area contributed by atoms with Gasteiger partial charge in [0, 0.05) is 38.3 Å². The lowest BCUT2D eigenvalue weighted by Crippen LogP contribution is -2.40. The molecule has 1 amide bonds. The van der Waals surface area contributed by atoms with Crippen LogP contribution in [0.5, 0.6) is 0 Å². The number of rotatable bonds is 10. The lowest BCUT2D eigenvalue weighted by Gasteiger charge is -2.26. The zero-order valence-electron chi connectivity index (χ0n) is 18.2. The highest BCUT2D eigenvalue weighted by Gasteiger charge is 2.09. The number of hydrogen-bond acceptors (Lipinski definition) is 4. The van der Waals surface area contributed by atoms with E-state index in [0.29, 0.717) is 18.9 Å². The number of nitrogens with one attached hydrogen (secondary N) is 3. The zero-order valence-corrected chi connectivity index (χ0v) is 18.2. The summed E-state index contributed by atoms with van der Waals surface area (Å²) in [5.74, 6) is 1.22. The lowest BCUT2D eigenvalue weighted by atomic mass is 10.1. The molecule has 1 saturated heterocycles. The van der Waals surface area contributed by atoms with Crippen molar-refractivity contribution in [2.45, 2.75) is 40.2 Å². The molecule has 2 rings (SSSR count). The monoisotopic (exact) mass is 403 g/mol. The predicted octanol–water partition coefficient (Wildman–Crippen LogP) is 2.45. The largest absolute Gasteiger partial charge is 0.379 e. The van der Waals surface area contributed by atoms with Crippen molar-refractivity contribution >= 4 is 17.6 Å². The van der Waals surface area contributed by atoms with Crippen LogP contribution in [-0.2, 0) is 16.1 Å². The summed E-state index contributed by atoms with van der Waals surface area (Å²) < 4.78 is 5.39. The quantitative estimate of drug-likeness (QED) is 0.318. The molecule has 7 heteroatoms. The van der Waals surface area contributed by atoms with Crippen LogP contribution in [0.25, 0.3) is 0 Å². The van der Waals surface area contributed by atoms with Crippen molar-refractivity contribution in [3.8, 4) is 0 Å². The summed E-state index contributed by atoms with van der Waals surface area (Å²) in [5.41, 5.74) is 1.89. The zero-order chi connectivity index (χ0) is 20.9. The molecule has 1 aromatic rings. The van der Waals surface area contributed by atoms with E-state index < -0.39 is 0 Å². The standard InChI is InChI=1S/C22H37N5O2/c1-4-23-22(24-9-6-10-27-11-13-29-14-12-27)25-17-19-7-5-8-20(16-19)26-21(28)15-18(2)3/h5,7-8,16,18H,4,6,9-15,17H2,1-3H3,(H,26,28)(H2,23,24,25). The van der Waals surface area contributed by atoms with E-state index in [1.54, 1.807) is 0 Å². The Morgan fingerprint density at radius 2 is 2.03 bits per heavy atom. The van der Waals surface area contributed by atoms with Crippen LogP contribution in [0.15, 0.2) is 29.3 Å². The summed E-state index contributed by atoms with van der Waals surface area (Å²) in [6, 6.07) is 7.90. The van der Waals surface area contributed by atoms with Crippen LogP contribution in [0.4, 0.5) is 5.69 Å². The molecule has 7 nitrogen and oxygen atoms in total. The lowest BCUT2D eigenvalue weighted by molar-refractivity contribution is -0.116. The molecule has 1 aliphatic heterocycles. The molecule has 0 unspecified atom stereocenters. The van der Waals surface area contributed by atoms with Gasteiger partial charge >= 0.3 is 0 Å². The Morgan fingerprint density at radius 3 is 2.76 bits per heavy atom. The number of ether oxygens (including phenoxy) is 1. The van der Waals surface area contributed by atoms with Gasteiger partial charge in [-0.3, -0.25) is 9.69 Å². The van der Waals surface area contributed by atoms with Gasteiger partial charge < -0.3 is 20.7 Å². The van der Waals surface area contributed by atoms with Gasteiger partial charge in [-0.25, -0.2) is 4.99 Å². The third-order valence-electron chi connectivity index (χ3n) is 4.62. The highest BCUT2D eigenvalue weighted by Crippen LogP contribution is 2.13. The summed E-state index contributed by atoms with van der Waals surface area (Å²) in [7, 11) is 0. The molecule has 1 aliphatic rings. The average molecular weight is 404 g/mol. The van der Waals surface area contributed by atoms with Crippen molar-refractivity contribution in [2.75, 3.05) is 51.3 Å². The van der Waals surface area contributed by atoms with E-state index in [2.05, 4.69) is 32.8 Å². The first kappa shape index (κ1) is 23.2.